The Morgan fingerprint density at radius 1 is 1.38 bits per heavy atom. The highest BCUT2D eigenvalue weighted by Gasteiger charge is 2.38. The second-order valence-corrected chi connectivity index (χ2v) is 3.38. The van der Waals surface area contributed by atoms with E-state index in [1.54, 1.807) is 6.92 Å². The Morgan fingerprint density at radius 3 is 2.15 bits per heavy atom. The molecule has 0 aromatic heterocycles. The molecule has 0 aliphatic carbocycles. The third-order valence-electron chi connectivity index (χ3n) is 2.47. The highest BCUT2D eigenvalue weighted by atomic mass is 16.5. The molecule has 0 heterocycles. The normalized spacial score (nSPS) is 15.5. The van der Waals surface area contributed by atoms with Crippen LogP contribution >= 0.6 is 0 Å². The van der Waals surface area contributed by atoms with Crippen molar-refractivity contribution < 1.29 is 14.6 Å². The van der Waals surface area contributed by atoms with Crippen LogP contribution < -0.4 is 0 Å². The van der Waals surface area contributed by atoms with Gasteiger partial charge < -0.3 is 9.84 Å². The van der Waals surface area contributed by atoms with Crippen LogP contribution in [0.25, 0.3) is 0 Å². The zero-order chi connectivity index (χ0) is 10.5. The van der Waals surface area contributed by atoms with Crippen LogP contribution in [0.2, 0.25) is 0 Å². The molecular formula is C10H20O3. The van der Waals surface area contributed by atoms with Crippen LogP contribution in [0.3, 0.4) is 0 Å². The van der Waals surface area contributed by atoms with E-state index in [1.807, 2.05) is 13.8 Å². The zero-order valence-electron chi connectivity index (χ0n) is 8.96. The average Bonchev–Trinajstić information content (AvgIpc) is 2.06. The van der Waals surface area contributed by atoms with Crippen molar-refractivity contribution >= 4 is 5.97 Å². The number of aliphatic hydroxyl groups is 1. The van der Waals surface area contributed by atoms with E-state index in [-0.39, 0.29) is 5.92 Å². The van der Waals surface area contributed by atoms with E-state index < -0.39 is 11.6 Å². The van der Waals surface area contributed by atoms with Crippen LogP contribution in [-0.2, 0) is 9.53 Å². The highest BCUT2D eigenvalue weighted by Crippen LogP contribution is 2.24. The van der Waals surface area contributed by atoms with Gasteiger partial charge in [-0.1, -0.05) is 13.8 Å². The maximum absolute atomic E-state index is 11.4. The molecule has 0 bridgehead atoms. The Balaban J connectivity index is 4.42. The lowest BCUT2D eigenvalue weighted by Crippen LogP contribution is -2.43. The molecule has 1 N–H and O–H groups in total. The second-order valence-electron chi connectivity index (χ2n) is 3.38. The first-order chi connectivity index (χ1) is 6.00. The molecule has 0 spiro atoms. The first-order valence-corrected chi connectivity index (χ1v) is 4.90. The molecule has 0 amide bonds. The number of hydrogen-bond donors (Lipinski definition) is 1. The molecular weight excluding hydrogens is 168 g/mol. The molecule has 0 aliphatic rings. The highest BCUT2D eigenvalue weighted by molar-refractivity contribution is 5.79. The summed E-state index contributed by atoms with van der Waals surface area (Å²) in [6, 6.07) is 0. The molecule has 1 unspecified atom stereocenters. The first-order valence-electron chi connectivity index (χ1n) is 4.90. The van der Waals surface area contributed by atoms with Crippen molar-refractivity contribution in [1.29, 1.82) is 0 Å². The molecule has 0 aromatic rings. The van der Waals surface area contributed by atoms with Gasteiger partial charge in [-0.25, -0.2) is 4.79 Å². The molecule has 1 atom stereocenters. The van der Waals surface area contributed by atoms with Crippen LogP contribution in [0, 0.1) is 5.92 Å². The van der Waals surface area contributed by atoms with E-state index in [2.05, 4.69) is 0 Å². The molecule has 78 valence electrons. The summed E-state index contributed by atoms with van der Waals surface area (Å²) in [5.41, 5.74) is -1.33. The molecule has 3 nitrogen and oxygen atoms in total. The third-order valence-corrected chi connectivity index (χ3v) is 2.47. The molecule has 0 radical (unpaired) electrons. The molecule has 0 saturated carbocycles. The predicted molar refractivity (Wildman–Crippen MR) is 51.3 cm³/mol. The predicted octanol–water partition coefficient (Wildman–Crippen LogP) is 1.74. The lowest BCUT2D eigenvalue weighted by Gasteiger charge is -2.28. The number of ether oxygens (including phenoxy) is 1. The zero-order valence-corrected chi connectivity index (χ0v) is 8.96. The Hall–Kier alpha value is -0.570. The van der Waals surface area contributed by atoms with E-state index in [9.17, 15) is 9.90 Å². The van der Waals surface area contributed by atoms with E-state index in [0.29, 0.717) is 6.61 Å². The topological polar surface area (TPSA) is 46.5 Å². The summed E-state index contributed by atoms with van der Waals surface area (Å²) in [6.45, 7) is 7.50. The van der Waals surface area contributed by atoms with Crippen molar-refractivity contribution in [2.24, 2.45) is 5.92 Å². The summed E-state index contributed by atoms with van der Waals surface area (Å²) in [6.07, 6.45) is 1.56. The minimum Gasteiger partial charge on any atom is -0.464 e. The molecule has 3 heteroatoms. The summed E-state index contributed by atoms with van der Waals surface area (Å²) >= 11 is 0. The quantitative estimate of drug-likeness (QED) is 0.668. The van der Waals surface area contributed by atoms with Crippen molar-refractivity contribution in [3.63, 3.8) is 0 Å². The lowest BCUT2D eigenvalue weighted by atomic mass is 9.85. The Labute approximate surface area is 80.1 Å². The summed E-state index contributed by atoms with van der Waals surface area (Å²) < 4.78 is 4.80. The van der Waals surface area contributed by atoms with Gasteiger partial charge in [-0.3, -0.25) is 0 Å². The SMILES string of the molecule is CCOC(=O)C(C)(O)C(CC)CC. The van der Waals surface area contributed by atoms with Gasteiger partial charge in [0.2, 0.25) is 0 Å². The van der Waals surface area contributed by atoms with Crippen molar-refractivity contribution in [2.45, 2.75) is 46.1 Å². The molecule has 13 heavy (non-hydrogen) atoms. The van der Waals surface area contributed by atoms with Gasteiger partial charge >= 0.3 is 5.97 Å². The fraction of sp³-hybridized carbons (Fsp3) is 0.900. The van der Waals surface area contributed by atoms with Gasteiger partial charge in [0.1, 0.15) is 0 Å². The number of esters is 1. The molecule has 0 fully saturated rings. The van der Waals surface area contributed by atoms with Gasteiger partial charge in [-0.15, -0.1) is 0 Å². The van der Waals surface area contributed by atoms with Crippen LogP contribution in [0.4, 0.5) is 0 Å². The molecule has 0 saturated heterocycles. The first kappa shape index (κ1) is 12.4. The van der Waals surface area contributed by atoms with Crippen LogP contribution in [-0.4, -0.2) is 23.3 Å². The van der Waals surface area contributed by atoms with Gasteiger partial charge in [0, 0.05) is 0 Å². The van der Waals surface area contributed by atoms with Crippen molar-refractivity contribution in [3.05, 3.63) is 0 Å². The van der Waals surface area contributed by atoms with Gasteiger partial charge in [0.15, 0.2) is 5.60 Å². The number of hydrogen-bond acceptors (Lipinski definition) is 3. The largest absolute Gasteiger partial charge is 0.464 e. The van der Waals surface area contributed by atoms with Gasteiger partial charge in [-0.2, -0.15) is 0 Å². The Bertz CT molecular complexity index is 160. The number of carbonyl (C=O) groups excluding carboxylic acids is 1. The van der Waals surface area contributed by atoms with Gasteiger partial charge in [0.05, 0.1) is 6.61 Å². The van der Waals surface area contributed by atoms with E-state index >= 15 is 0 Å². The standard InChI is InChI=1S/C10H20O3/c1-5-8(6-2)10(4,12)9(11)13-7-3/h8,12H,5-7H2,1-4H3. The van der Waals surface area contributed by atoms with E-state index in [4.69, 9.17) is 4.74 Å². The van der Waals surface area contributed by atoms with Crippen LogP contribution in [0.15, 0.2) is 0 Å². The van der Waals surface area contributed by atoms with Crippen molar-refractivity contribution in [3.8, 4) is 0 Å². The van der Waals surface area contributed by atoms with Gasteiger partial charge in [-0.05, 0) is 32.6 Å². The number of carbonyl (C=O) groups is 1. The fourth-order valence-corrected chi connectivity index (χ4v) is 1.53. The smallest absolute Gasteiger partial charge is 0.338 e. The Morgan fingerprint density at radius 2 is 1.85 bits per heavy atom. The maximum atomic E-state index is 11.4. The summed E-state index contributed by atoms with van der Waals surface area (Å²) in [5.74, 6) is -0.532. The van der Waals surface area contributed by atoms with E-state index in [1.165, 1.54) is 6.92 Å². The van der Waals surface area contributed by atoms with Crippen molar-refractivity contribution in [1.82, 2.24) is 0 Å². The van der Waals surface area contributed by atoms with Crippen LogP contribution in [0.5, 0.6) is 0 Å². The molecule has 0 rings (SSSR count). The minimum absolute atomic E-state index is 0.0217. The fourth-order valence-electron chi connectivity index (χ4n) is 1.53. The monoisotopic (exact) mass is 188 g/mol. The van der Waals surface area contributed by atoms with Crippen LogP contribution in [0.1, 0.15) is 40.5 Å². The Kier molecular flexibility index (Phi) is 4.99. The van der Waals surface area contributed by atoms with Crippen molar-refractivity contribution in [2.75, 3.05) is 6.61 Å². The molecule has 0 aliphatic heterocycles. The van der Waals surface area contributed by atoms with E-state index in [0.717, 1.165) is 12.8 Å². The summed E-state index contributed by atoms with van der Waals surface area (Å²) in [5, 5.41) is 9.90. The minimum atomic E-state index is -1.33. The summed E-state index contributed by atoms with van der Waals surface area (Å²) in [4.78, 5) is 11.4. The average molecular weight is 188 g/mol. The second kappa shape index (κ2) is 5.22. The maximum Gasteiger partial charge on any atom is 0.338 e. The lowest BCUT2D eigenvalue weighted by molar-refractivity contribution is -0.169. The third kappa shape index (κ3) is 2.99. The molecule has 0 aromatic carbocycles. The summed E-state index contributed by atoms with van der Waals surface area (Å²) in [7, 11) is 0. The number of rotatable bonds is 5. The van der Waals surface area contributed by atoms with Gasteiger partial charge in [0.25, 0.3) is 0 Å².